The number of aryl methyl sites for hydroxylation is 1. The van der Waals surface area contributed by atoms with Gasteiger partial charge in [-0.3, -0.25) is 4.79 Å². The zero-order valence-corrected chi connectivity index (χ0v) is 20.1. The first kappa shape index (κ1) is 23.6. The number of para-hydroxylation sites is 1. The summed E-state index contributed by atoms with van der Waals surface area (Å²) in [6, 6.07) is 18.3. The van der Waals surface area contributed by atoms with Gasteiger partial charge in [0, 0.05) is 53.1 Å². The van der Waals surface area contributed by atoms with Gasteiger partial charge in [-0.15, -0.1) is 0 Å². The fourth-order valence-electron chi connectivity index (χ4n) is 4.06. The van der Waals surface area contributed by atoms with Crippen molar-refractivity contribution < 1.29 is 22.7 Å². The van der Waals surface area contributed by atoms with Crippen molar-refractivity contribution in [2.24, 2.45) is 0 Å². The van der Waals surface area contributed by atoms with Crippen molar-refractivity contribution in [3.8, 4) is 11.5 Å². The van der Waals surface area contributed by atoms with E-state index >= 15 is 0 Å². The lowest BCUT2D eigenvalue weighted by atomic mass is 10.1. The first-order chi connectivity index (χ1) is 16.4. The summed E-state index contributed by atoms with van der Waals surface area (Å²) in [5.41, 5.74) is 2.91. The van der Waals surface area contributed by atoms with Crippen LogP contribution >= 0.6 is 0 Å². The van der Waals surface area contributed by atoms with E-state index in [1.807, 2.05) is 30.3 Å². The number of hydrogen-bond acceptors (Lipinski definition) is 5. The average molecular weight is 482 g/mol. The van der Waals surface area contributed by atoms with Crippen molar-refractivity contribution in [3.05, 3.63) is 60.7 Å². The highest BCUT2D eigenvalue weighted by Crippen LogP contribution is 2.31. The number of sulfonamides is 1. The molecule has 0 fully saturated rings. The Bertz CT molecular complexity index is 1460. The molecule has 0 bridgehead atoms. The van der Waals surface area contributed by atoms with Crippen LogP contribution in [0.1, 0.15) is 13.3 Å². The molecule has 0 aliphatic heterocycles. The lowest BCUT2D eigenvalue weighted by Gasteiger charge is -2.11. The van der Waals surface area contributed by atoms with Gasteiger partial charge in [0.2, 0.25) is 15.9 Å². The van der Waals surface area contributed by atoms with E-state index in [-0.39, 0.29) is 23.8 Å². The Labute approximate surface area is 198 Å². The van der Waals surface area contributed by atoms with Crippen LogP contribution in [0.25, 0.3) is 21.8 Å². The molecule has 0 atom stereocenters. The summed E-state index contributed by atoms with van der Waals surface area (Å²) in [4.78, 5) is 12.5. The van der Waals surface area contributed by atoms with Crippen LogP contribution in [0.15, 0.2) is 65.6 Å². The van der Waals surface area contributed by atoms with Gasteiger partial charge in [0.1, 0.15) is 0 Å². The second-order valence-electron chi connectivity index (χ2n) is 7.71. The Morgan fingerprint density at radius 3 is 2.38 bits per heavy atom. The van der Waals surface area contributed by atoms with E-state index in [1.54, 1.807) is 0 Å². The topological polar surface area (TPSA) is 98.7 Å². The van der Waals surface area contributed by atoms with Crippen molar-refractivity contribution in [1.82, 2.24) is 9.29 Å². The van der Waals surface area contributed by atoms with E-state index in [0.717, 1.165) is 28.4 Å². The van der Waals surface area contributed by atoms with Crippen LogP contribution in [-0.2, 0) is 21.4 Å². The van der Waals surface area contributed by atoms with Crippen molar-refractivity contribution in [3.63, 3.8) is 0 Å². The molecule has 0 unspecified atom stereocenters. The Kier molecular flexibility index (Phi) is 6.76. The molecule has 9 heteroatoms. The van der Waals surface area contributed by atoms with Gasteiger partial charge >= 0.3 is 0 Å². The van der Waals surface area contributed by atoms with Crippen LogP contribution in [-0.4, -0.2) is 39.7 Å². The number of anilines is 1. The van der Waals surface area contributed by atoms with Crippen molar-refractivity contribution >= 4 is 43.4 Å². The summed E-state index contributed by atoms with van der Waals surface area (Å²) < 4.78 is 40.2. The third-order valence-electron chi connectivity index (χ3n) is 5.68. The molecule has 0 aliphatic carbocycles. The molecule has 34 heavy (non-hydrogen) atoms. The number of amides is 1. The molecule has 0 saturated carbocycles. The van der Waals surface area contributed by atoms with Crippen LogP contribution in [0.4, 0.5) is 5.69 Å². The zero-order chi connectivity index (χ0) is 24.3. The Hall–Kier alpha value is -3.56. The van der Waals surface area contributed by atoms with E-state index in [9.17, 15) is 13.2 Å². The normalized spacial score (nSPS) is 11.6. The minimum absolute atomic E-state index is 0.0126. The number of aromatic nitrogens is 1. The predicted octanol–water partition coefficient (Wildman–Crippen LogP) is 4.14. The minimum atomic E-state index is -3.81. The minimum Gasteiger partial charge on any atom is -0.493 e. The highest BCUT2D eigenvalue weighted by atomic mass is 32.2. The lowest BCUT2D eigenvalue weighted by molar-refractivity contribution is -0.116. The largest absolute Gasteiger partial charge is 0.493 e. The molecule has 2 N–H and O–H groups in total. The van der Waals surface area contributed by atoms with Crippen molar-refractivity contribution in [1.29, 1.82) is 0 Å². The third kappa shape index (κ3) is 4.57. The first-order valence-corrected chi connectivity index (χ1v) is 12.4. The fourth-order valence-corrected chi connectivity index (χ4v) is 5.11. The monoisotopic (exact) mass is 481 g/mol. The highest BCUT2D eigenvalue weighted by molar-refractivity contribution is 7.89. The molecule has 1 amide bonds. The molecule has 4 rings (SSSR count). The van der Waals surface area contributed by atoms with Crippen LogP contribution in [0.3, 0.4) is 0 Å². The number of fused-ring (bicyclic) bond motifs is 3. The Balaban J connectivity index is 1.43. The van der Waals surface area contributed by atoms with Crippen LogP contribution in [0.5, 0.6) is 11.5 Å². The fraction of sp³-hybridized carbons (Fsp3) is 0.240. The van der Waals surface area contributed by atoms with Gasteiger partial charge in [-0.05, 0) is 43.3 Å². The lowest BCUT2D eigenvalue weighted by Crippen LogP contribution is -2.27. The molecule has 0 aliphatic rings. The van der Waals surface area contributed by atoms with E-state index in [0.29, 0.717) is 17.2 Å². The number of ether oxygens (including phenoxy) is 2. The van der Waals surface area contributed by atoms with Crippen LogP contribution in [0, 0.1) is 0 Å². The summed E-state index contributed by atoms with van der Waals surface area (Å²) in [5.74, 6) is 0.455. The van der Waals surface area contributed by atoms with Gasteiger partial charge in [0.15, 0.2) is 11.5 Å². The van der Waals surface area contributed by atoms with Gasteiger partial charge in [-0.2, -0.15) is 0 Å². The third-order valence-corrected chi connectivity index (χ3v) is 7.14. The number of nitrogens with zero attached hydrogens (tertiary/aromatic N) is 1. The number of carbonyl (C=O) groups is 1. The van der Waals surface area contributed by atoms with E-state index in [2.05, 4.69) is 33.7 Å². The number of rotatable bonds is 9. The smallest absolute Gasteiger partial charge is 0.240 e. The van der Waals surface area contributed by atoms with Gasteiger partial charge in [0.25, 0.3) is 0 Å². The van der Waals surface area contributed by atoms with Gasteiger partial charge in [0.05, 0.1) is 19.1 Å². The molecular formula is C25H27N3O5S. The molecule has 1 heterocycles. The van der Waals surface area contributed by atoms with E-state index in [4.69, 9.17) is 9.47 Å². The first-order valence-electron chi connectivity index (χ1n) is 10.9. The van der Waals surface area contributed by atoms with E-state index in [1.165, 1.54) is 32.4 Å². The SMILES string of the molecule is CCn1c2ccccc2c2cc(NC(=O)CCNS(=O)(=O)c3ccc(OC)c(OC)c3)ccc21. The second kappa shape index (κ2) is 9.74. The Morgan fingerprint density at radius 2 is 1.65 bits per heavy atom. The number of hydrogen-bond donors (Lipinski definition) is 2. The summed E-state index contributed by atoms with van der Waals surface area (Å²) in [5, 5.41) is 5.05. The molecule has 3 aromatic carbocycles. The maximum atomic E-state index is 12.6. The molecule has 0 spiro atoms. The maximum Gasteiger partial charge on any atom is 0.240 e. The zero-order valence-electron chi connectivity index (χ0n) is 19.3. The summed E-state index contributed by atoms with van der Waals surface area (Å²) in [6.07, 6.45) is -0.0126. The van der Waals surface area contributed by atoms with Gasteiger partial charge < -0.3 is 19.4 Å². The van der Waals surface area contributed by atoms with Crippen LogP contribution in [0.2, 0.25) is 0 Å². The number of carbonyl (C=O) groups excluding carboxylic acids is 1. The average Bonchev–Trinajstić information content (AvgIpc) is 3.16. The van der Waals surface area contributed by atoms with E-state index < -0.39 is 10.0 Å². The number of nitrogens with one attached hydrogen (secondary N) is 2. The van der Waals surface area contributed by atoms with Gasteiger partial charge in [-0.1, -0.05) is 18.2 Å². The predicted molar refractivity (Wildman–Crippen MR) is 133 cm³/mol. The van der Waals surface area contributed by atoms with Crippen LogP contribution < -0.4 is 19.5 Å². The summed E-state index contributed by atoms with van der Waals surface area (Å²) >= 11 is 0. The molecular weight excluding hydrogens is 454 g/mol. The highest BCUT2D eigenvalue weighted by Gasteiger charge is 2.17. The number of benzene rings is 3. The molecule has 8 nitrogen and oxygen atoms in total. The molecule has 178 valence electrons. The van der Waals surface area contributed by atoms with Gasteiger partial charge in [-0.25, -0.2) is 13.1 Å². The molecule has 4 aromatic rings. The Morgan fingerprint density at radius 1 is 0.912 bits per heavy atom. The summed E-state index contributed by atoms with van der Waals surface area (Å²) in [6.45, 7) is 2.90. The number of methoxy groups -OCH3 is 2. The molecule has 0 radical (unpaired) electrons. The molecule has 1 aromatic heterocycles. The standard InChI is InChI=1S/C25H27N3O5S/c1-4-28-21-8-6-5-7-19(21)20-15-17(9-11-22(20)28)27-25(29)13-14-26-34(30,31)18-10-12-23(32-2)24(16-18)33-3/h5-12,15-16,26H,4,13-14H2,1-3H3,(H,27,29). The maximum absolute atomic E-state index is 12.6. The second-order valence-corrected chi connectivity index (χ2v) is 9.47. The quantitative estimate of drug-likeness (QED) is 0.374. The summed E-state index contributed by atoms with van der Waals surface area (Å²) in [7, 11) is -0.899. The van der Waals surface area contributed by atoms with Crippen molar-refractivity contribution in [2.75, 3.05) is 26.1 Å². The molecule has 0 saturated heterocycles. The van der Waals surface area contributed by atoms with Crippen molar-refractivity contribution in [2.45, 2.75) is 24.8 Å².